The van der Waals surface area contributed by atoms with Gasteiger partial charge in [-0.15, -0.1) is 0 Å². The summed E-state index contributed by atoms with van der Waals surface area (Å²) >= 11 is 4.21. The lowest BCUT2D eigenvalue weighted by molar-refractivity contribution is 0.229. The third kappa shape index (κ3) is 5.26. The molecule has 1 atom stereocenters. The number of hydrogen-bond donors (Lipinski definition) is 2. The van der Waals surface area contributed by atoms with E-state index in [-0.39, 0.29) is 0 Å². The minimum Gasteiger partial charge on any atom is -0.316 e. The van der Waals surface area contributed by atoms with Gasteiger partial charge in [0.05, 0.1) is 0 Å². The normalized spacial score (nSPS) is 20.4. The molecular weight excluding hydrogens is 202 g/mol. The van der Waals surface area contributed by atoms with E-state index in [1.54, 1.807) is 0 Å². The molecule has 0 aromatic heterocycles. The molecule has 0 amide bonds. The summed E-state index contributed by atoms with van der Waals surface area (Å²) in [5.41, 5.74) is 0. The first kappa shape index (κ1) is 13.4. The van der Waals surface area contributed by atoms with Gasteiger partial charge in [-0.05, 0) is 24.8 Å². The van der Waals surface area contributed by atoms with Gasteiger partial charge in [0, 0.05) is 12.3 Å². The molecule has 1 N–H and O–H groups in total. The maximum atomic E-state index is 4.21. The van der Waals surface area contributed by atoms with Crippen molar-refractivity contribution in [1.82, 2.24) is 5.32 Å². The fraction of sp³-hybridized carbons (Fsp3) is 1.00. The van der Waals surface area contributed by atoms with Crippen LogP contribution in [-0.2, 0) is 0 Å². The van der Waals surface area contributed by atoms with Gasteiger partial charge in [0.2, 0.25) is 0 Å². The van der Waals surface area contributed by atoms with Crippen LogP contribution >= 0.6 is 12.6 Å². The van der Waals surface area contributed by atoms with E-state index >= 15 is 0 Å². The van der Waals surface area contributed by atoms with Gasteiger partial charge < -0.3 is 5.32 Å². The van der Waals surface area contributed by atoms with Crippen LogP contribution in [0.4, 0.5) is 0 Å². The summed E-state index contributed by atoms with van der Waals surface area (Å²) in [6.45, 7) is 4.61. The summed E-state index contributed by atoms with van der Waals surface area (Å²) in [5, 5.41) is 3.46. The highest BCUT2D eigenvalue weighted by Gasteiger charge is 2.21. The van der Waals surface area contributed by atoms with Crippen molar-refractivity contribution in [2.75, 3.05) is 18.8 Å². The smallest absolute Gasteiger partial charge is 0.00397 e. The Morgan fingerprint density at radius 1 is 1.20 bits per heavy atom. The van der Waals surface area contributed by atoms with E-state index in [0.717, 1.165) is 24.1 Å². The van der Waals surface area contributed by atoms with Crippen LogP contribution in [0.2, 0.25) is 0 Å². The molecular formula is C13H27NS. The van der Waals surface area contributed by atoms with E-state index in [1.807, 2.05) is 0 Å². The highest BCUT2D eigenvalue weighted by molar-refractivity contribution is 7.80. The Morgan fingerprint density at radius 2 is 1.93 bits per heavy atom. The topological polar surface area (TPSA) is 12.0 Å². The highest BCUT2D eigenvalue weighted by Crippen LogP contribution is 2.33. The van der Waals surface area contributed by atoms with Crippen molar-refractivity contribution in [2.45, 2.75) is 51.9 Å². The molecule has 0 aliphatic heterocycles. The highest BCUT2D eigenvalue weighted by atomic mass is 32.1. The number of nitrogens with one attached hydrogen (secondary N) is 1. The van der Waals surface area contributed by atoms with E-state index in [4.69, 9.17) is 0 Å². The molecule has 0 radical (unpaired) electrons. The van der Waals surface area contributed by atoms with Gasteiger partial charge in [-0.3, -0.25) is 0 Å². The van der Waals surface area contributed by atoms with Crippen molar-refractivity contribution in [3.05, 3.63) is 0 Å². The Balaban J connectivity index is 2.15. The van der Waals surface area contributed by atoms with Gasteiger partial charge in [0.25, 0.3) is 0 Å². The molecule has 1 aliphatic carbocycles. The third-order valence-corrected chi connectivity index (χ3v) is 4.04. The van der Waals surface area contributed by atoms with E-state index in [0.29, 0.717) is 0 Å². The van der Waals surface area contributed by atoms with Crippen LogP contribution in [0.25, 0.3) is 0 Å². The van der Waals surface area contributed by atoms with Crippen molar-refractivity contribution in [1.29, 1.82) is 0 Å². The Morgan fingerprint density at radius 3 is 2.53 bits per heavy atom. The molecule has 0 aromatic carbocycles. The first-order valence-electron chi connectivity index (χ1n) is 6.70. The maximum absolute atomic E-state index is 4.21. The van der Waals surface area contributed by atoms with Crippen molar-refractivity contribution in [2.24, 2.45) is 11.8 Å². The van der Waals surface area contributed by atoms with E-state index in [1.165, 1.54) is 51.5 Å². The second-order valence-electron chi connectivity index (χ2n) is 4.83. The van der Waals surface area contributed by atoms with Crippen LogP contribution in [0.1, 0.15) is 51.9 Å². The Hall–Kier alpha value is 0.310. The van der Waals surface area contributed by atoms with Gasteiger partial charge in [0.15, 0.2) is 0 Å². The van der Waals surface area contributed by atoms with Gasteiger partial charge in [-0.1, -0.05) is 45.4 Å². The lowest BCUT2D eigenvalue weighted by Gasteiger charge is -2.29. The summed E-state index contributed by atoms with van der Waals surface area (Å²) in [4.78, 5) is 0. The molecule has 1 saturated carbocycles. The average molecular weight is 229 g/mol. The van der Waals surface area contributed by atoms with Crippen molar-refractivity contribution in [3.63, 3.8) is 0 Å². The van der Waals surface area contributed by atoms with E-state index in [2.05, 4.69) is 24.9 Å². The summed E-state index contributed by atoms with van der Waals surface area (Å²) in [7, 11) is 0. The molecule has 90 valence electrons. The van der Waals surface area contributed by atoms with Crippen LogP contribution in [0.5, 0.6) is 0 Å². The molecule has 2 heteroatoms. The molecule has 0 heterocycles. The van der Waals surface area contributed by atoms with Crippen LogP contribution in [0.15, 0.2) is 0 Å². The number of rotatable bonds is 7. The lowest BCUT2D eigenvalue weighted by atomic mass is 9.77. The summed E-state index contributed by atoms with van der Waals surface area (Å²) < 4.78 is 0. The molecule has 0 saturated heterocycles. The molecule has 0 spiro atoms. The largest absolute Gasteiger partial charge is 0.316 e. The SMILES string of the molecule is CCC(CCNCCS)C1CCCCC1. The standard InChI is InChI=1S/C13H27NS/c1-2-12(8-9-14-10-11-15)13-6-4-3-5-7-13/h12-15H,2-11H2,1H3. The number of thiol groups is 1. The van der Waals surface area contributed by atoms with E-state index < -0.39 is 0 Å². The van der Waals surface area contributed by atoms with Gasteiger partial charge in [-0.2, -0.15) is 12.6 Å². The fourth-order valence-electron chi connectivity index (χ4n) is 2.87. The molecule has 1 unspecified atom stereocenters. The van der Waals surface area contributed by atoms with Crippen LogP contribution in [-0.4, -0.2) is 18.8 Å². The molecule has 1 rings (SSSR count). The van der Waals surface area contributed by atoms with Crippen LogP contribution in [0, 0.1) is 11.8 Å². The summed E-state index contributed by atoms with van der Waals surface area (Å²) in [5.74, 6) is 2.96. The van der Waals surface area contributed by atoms with Crippen molar-refractivity contribution in [3.8, 4) is 0 Å². The third-order valence-electron chi connectivity index (χ3n) is 3.82. The van der Waals surface area contributed by atoms with Gasteiger partial charge >= 0.3 is 0 Å². The lowest BCUT2D eigenvalue weighted by Crippen LogP contribution is -2.24. The first-order valence-corrected chi connectivity index (χ1v) is 7.33. The zero-order valence-electron chi connectivity index (χ0n) is 10.2. The fourth-order valence-corrected chi connectivity index (χ4v) is 3.03. The molecule has 1 nitrogen and oxygen atoms in total. The first-order chi connectivity index (χ1) is 7.38. The molecule has 0 bridgehead atoms. The number of hydrogen-bond acceptors (Lipinski definition) is 2. The minimum atomic E-state index is 0.959. The molecule has 1 aliphatic rings. The summed E-state index contributed by atoms with van der Waals surface area (Å²) in [6.07, 6.45) is 10.2. The quantitative estimate of drug-likeness (QED) is 0.503. The van der Waals surface area contributed by atoms with Gasteiger partial charge in [0.1, 0.15) is 0 Å². The zero-order valence-corrected chi connectivity index (χ0v) is 11.1. The Bertz CT molecular complexity index is 143. The predicted molar refractivity (Wildman–Crippen MR) is 71.7 cm³/mol. The van der Waals surface area contributed by atoms with E-state index in [9.17, 15) is 0 Å². The second-order valence-corrected chi connectivity index (χ2v) is 5.28. The molecule has 0 aromatic rings. The van der Waals surface area contributed by atoms with Crippen LogP contribution < -0.4 is 5.32 Å². The summed E-state index contributed by atoms with van der Waals surface area (Å²) in [6, 6.07) is 0. The minimum absolute atomic E-state index is 0.959. The monoisotopic (exact) mass is 229 g/mol. The Kier molecular flexibility index (Phi) is 7.54. The second kappa shape index (κ2) is 8.46. The maximum Gasteiger partial charge on any atom is 0.00397 e. The molecule has 1 fully saturated rings. The average Bonchev–Trinajstić information content (AvgIpc) is 2.30. The molecule has 15 heavy (non-hydrogen) atoms. The predicted octanol–water partition coefficient (Wildman–Crippen LogP) is 3.50. The van der Waals surface area contributed by atoms with Crippen LogP contribution in [0.3, 0.4) is 0 Å². The van der Waals surface area contributed by atoms with Crippen molar-refractivity contribution < 1.29 is 0 Å². The van der Waals surface area contributed by atoms with Gasteiger partial charge in [-0.25, -0.2) is 0 Å². The Labute approximate surface area is 101 Å². The zero-order chi connectivity index (χ0) is 10.9. The van der Waals surface area contributed by atoms with Crippen molar-refractivity contribution >= 4 is 12.6 Å².